The summed E-state index contributed by atoms with van der Waals surface area (Å²) >= 11 is 0. The highest BCUT2D eigenvalue weighted by molar-refractivity contribution is 6.23. The number of carbonyl (C=O) groups excluding carboxylic acids is 2. The van der Waals surface area contributed by atoms with E-state index in [4.69, 9.17) is 4.74 Å². The molecule has 1 N–H and O–H groups in total. The van der Waals surface area contributed by atoms with Crippen LogP contribution in [0.15, 0.2) is 48.5 Å². The zero-order valence-electron chi connectivity index (χ0n) is 13.7. The minimum Gasteiger partial charge on any atom is -0.497 e. The van der Waals surface area contributed by atoms with Crippen LogP contribution in [0.3, 0.4) is 0 Å². The van der Waals surface area contributed by atoms with E-state index in [0.29, 0.717) is 16.3 Å². The highest BCUT2D eigenvalue weighted by atomic mass is 19.4. The monoisotopic (exact) mass is 364 g/mol. The molecule has 2 amide bonds. The fourth-order valence-corrected chi connectivity index (χ4v) is 2.79. The number of para-hydroxylation sites is 1. The Morgan fingerprint density at radius 3 is 2.35 bits per heavy atom. The number of hydrogen-bond acceptors (Lipinski definition) is 4. The number of halogens is 3. The van der Waals surface area contributed by atoms with E-state index in [1.54, 1.807) is 24.3 Å². The van der Waals surface area contributed by atoms with Gasteiger partial charge in [-0.05, 0) is 36.4 Å². The van der Waals surface area contributed by atoms with Gasteiger partial charge in [0, 0.05) is 5.69 Å². The Morgan fingerprint density at radius 2 is 1.73 bits per heavy atom. The number of imide groups is 1. The molecule has 136 valence electrons. The SMILES string of the molecule is COc1ccc(NC2CC(=O)N(c3ccccc3C(F)(F)F)C2=O)cc1. The Bertz CT molecular complexity index is 834. The third kappa shape index (κ3) is 3.35. The van der Waals surface area contributed by atoms with Crippen molar-refractivity contribution in [3.05, 3.63) is 54.1 Å². The van der Waals surface area contributed by atoms with Crippen molar-refractivity contribution < 1.29 is 27.5 Å². The van der Waals surface area contributed by atoms with Gasteiger partial charge in [-0.3, -0.25) is 9.59 Å². The van der Waals surface area contributed by atoms with E-state index in [9.17, 15) is 22.8 Å². The standard InChI is InChI=1S/C18H15F3N2O3/c1-26-12-8-6-11(7-9-12)22-14-10-16(24)23(17(14)25)15-5-3-2-4-13(15)18(19,20)21/h2-9,14,22H,10H2,1H3. The van der Waals surface area contributed by atoms with Crippen molar-refractivity contribution in [3.8, 4) is 5.75 Å². The number of benzene rings is 2. The number of methoxy groups -OCH3 is 1. The van der Waals surface area contributed by atoms with Crippen LogP contribution in [0.5, 0.6) is 5.75 Å². The molecule has 1 heterocycles. The molecular weight excluding hydrogens is 349 g/mol. The predicted molar refractivity (Wildman–Crippen MR) is 89.0 cm³/mol. The third-order valence-electron chi connectivity index (χ3n) is 4.03. The molecule has 0 saturated carbocycles. The molecule has 0 aromatic heterocycles. The molecule has 0 bridgehead atoms. The zero-order chi connectivity index (χ0) is 18.9. The number of nitrogens with one attached hydrogen (secondary N) is 1. The number of rotatable bonds is 4. The topological polar surface area (TPSA) is 58.6 Å². The summed E-state index contributed by atoms with van der Waals surface area (Å²) in [6.45, 7) is 0. The molecule has 1 unspecified atom stereocenters. The first kappa shape index (κ1) is 17.8. The average molecular weight is 364 g/mol. The third-order valence-corrected chi connectivity index (χ3v) is 4.03. The van der Waals surface area contributed by atoms with Gasteiger partial charge in [0.05, 0.1) is 24.8 Å². The summed E-state index contributed by atoms with van der Waals surface area (Å²) in [5.74, 6) is -0.787. The molecular formula is C18H15F3N2O3. The fraction of sp³-hybridized carbons (Fsp3) is 0.222. The maximum Gasteiger partial charge on any atom is 0.418 e. The van der Waals surface area contributed by atoms with Crippen LogP contribution in [-0.2, 0) is 15.8 Å². The lowest BCUT2D eigenvalue weighted by atomic mass is 10.1. The number of hydrogen-bond donors (Lipinski definition) is 1. The van der Waals surface area contributed by atoms with Crippen LogP contribution in [0, 0.1) is 0 Å². The van der Waals surface area contributed by atoms with E-state index >= 15 is 0 Å². The van der Waals surface area contributed by atoms with E-state index < -0.39 is 35.3 Å². The van der Waals surface area contributed by atoms with Gasteiger partial charge in [0.15, 0.2) is 0 Å². The van der Waals surface area contributed by atoms with Crippen molar-refractivity contribution in [3.63, 3.8) is 0 Å². The summed E-state index contributed by atoms with van der Waals surface area (Å²) in [6.07, 6.45) is -4.89. The molecule has 26 heavy (non-hydrogen) atoms. The summed E-state index contributed by atoms with van der Waals surface area (Å²) in [5, 5.41) is 2.88. The molecule has 0 aliphatic carbocycles. The second kappa shape index (κ2) is 6.70. The van der Waals surface area contributed by atoms with E-state index in [1.807, 2.05) is 0 Å². The second-order valence-electron chi connectivity index (χ2n) is 5.71. The first-order valence-electron chi connectivity index (χ1n) is 7.75. The van der Waals surface area contributed by atoms with Crippen LogP contribution < -0.4 is 15.0 Å². The number of alkyl halides is 3. The molecule has 1 aliphatic rings. The van der Waals surface area contributed by atoms with Gasteiger partial charge in [-0.15, -0.1) is 0 Å². The molecule has 8 heteroatoms. The maximum absolute atomic E-state index is 13.2. The van der Waals surface area contributed by atoms with E-state index in [1.165, 1.54) is 19.2 Å². The summed E-state index contributed by atoms with van der Waals surface area (Å²) in [5.41, 5.74) is -0.913. The summed E-state index contributed by atoms with van der Waals surface area (Å²) in [7, 11) is 1.51. The van der Waals surface area contributed by atoms with Crippen LogP contribution in [0.4, 0.5) is 24.5 Å². The van der Waals surface area contributed by atoms with Crippen molar-refractivity contribution in [1.29, 1.82) is 0 Å². The molecule has 2 aromatic rings. The van der Waals surface area contributed by atoms with Crippen molar-refractivity contribution in [2.45, 2.75) is 18.6 Å². The van der Waals surface area contributed by atoms with Crippen LogP contribution >= 0.6 is 0 Å². The Balaban J connectivity index is 1.86. The van der Waals surface area contributed by atoms with Crippen LogP contribution in [0.2, 0.25) is 0 Å². The molecule has 3 rings (SSSR count). The van der Waals surface area contributed by atoms with Crippen molar-refractivity contribution in [2.24, 2.45) is 0 Å². The smallest absolute Gasteiger partial charge is 0.418 e. The summed E-state index contributed by atoms with van der Waals surface area (Å²) in [4.78, 5) is 25.4. The number of ether oxygens (including phenoxy) is 1. The Kier molecular flexibility index (Phi) is 4.58. The summed E-state index contributed by atoms with van der Waals surface area (Å²) in [6, 6.07) is 10.2. The van der Waals surface area contributed by atoms with Crippen LogP contribution in [0.1, 0.15) is 12.0 Å². The lowest BCUT2D eigenvalue weighted by Gasteiger charge is -2.20. The van der Waals surface area contributed by atoms with Crippen molar-refractivity contribution >= 4 is 23.2 Å². The van der Waals surface area contributed by atoms with Gasteiger partial charge in [0.25, 0.3) is 5.91 Å². The zero-order valence-corrected chi connectivity index (χ0v) is 13.7. The molecule has 1 aliphatic heterocycles. The molecule has 1 saturated heterocycles. The minimum absolute atomic E-state index is 0.225. The lowest BCUT2D eigenvalue weighted by Crippen LogP contribution is -2.36. The fourth-order valence-electron chi connectivity index (χ4n) is 2.79. The number of nitrogens with zero attached hydrogens (tertiary/aromatic N) is 1. The number of anilines is 2. The Hall–Kier alpha value is -3.03. The predicted octanol–water partition coefficient (Wildman–Crippen LogP) is 3.46. The minimum atomic E-state index is -4.67. The van der Waals surface area contributed by atoms with Gasteiger partial charge in [-0.2, -0.15) is 13.2 Å². The lowest BCUT2D eigenvalue weighted by molar-refractivity contribution is -0.137. The maximum atomic E-state index is 13.2. The normalized spacial score (nSPS) is 17.5. The van der Waals surface area contributed by atoms with Gasteiger partial charge >= 0.3 is 6.18 Å². The highest BCUT2D eigenvalue weighted by Gasteiger charge is 2.44. The van der Waals surface area contributed by atoms with Gasteiger partial charge in [-0.1, -0.05) is 12.1 Å². The van der Waals surface area contributed by atoms with Gasteiger partial charge in [0.2, 0.25) is 5.91 Å². The van der Waals surface area contributed by atoms with Crippen molar-refractivity contribution in [1.82, 2.24) is 0 Å². The van der Waals surface area contributed by atoms with Gasteiger partial charge in [-0.25, -0.2) is 4.90 Å². The Morgan fingerprint density at radius 1 is 1.08 bits per heavy atom. The van der Waals surface area contributed by atoms with E-state index in [0.717, 1.165) is 12.1 Å². The largest absolute Gasteiger partial charge is 0.497 e. The van der Waals surface area contributed by atoms with E-state index in [2.05, 4.69) is 5.32 Å². The summed E-state index contributed by atoms with van der Waals surface area (Å²) < 4.78 is 44.6. The molecule has 1 fully saturated rings. The quantitative estimate of drug-likeness (QED) is 0.845. The van der Waals surface area contributed by atoms with Gasteiger partial charge in [0.1, 0.15) is 11.8 Å². The number of amides is 2. The molecule has 5 nitrogen and oxygen atoms in total. The molecule has 0 spiro atoms. The van der Waals surface area contributed by atoms with Gasteiger partial charge < -0.3 is 10.1 Å². The Labute approximate surface area is 147 Å². The first-order chi connectivity index (χ1) is 12.3. The molecule has 1 atom stereocenters. The highest BCUT2D eigenvalue weighted by Crippen LogP contribution is 2.38. The van der Waals surface area contributed by atoms with E-state index in [-0.39, 0.29) is 6.42 Å². The average Bonchev–Trinajstić information content (AvgIpc) is 2.88. The van der Waals surface area contributed by atoms with Crippen molar-refractivity contribution in [2.75, 3.05) is 17.3 Å². The van der Waals surface area contributed by atoms with Crippen LogP contribution in [-0.4, -0.2) is 25.0 Å². The molecule has 0 radical (unpaired) electrons. The van der Waals surface area contributed by atoms with Crippen LogP contribution in [0.25, 0.3) is 0 Å². The molecule has 2 aromatic carbocycles. The first-order valence-corrected chi connectivity index (χ1v) is 7.75. The second-order valence-corrected chi connectivity index (χ2v) is 5.71. The number of carbonyl (C=O) groups is 2.